The zero-order chi connectivity index (χ0) is 20.8. The number of aryl methyl sites for hydroxylation is 1. The number of aromatic nitrogens is 5. The summed E-state index contributed by atoms with van der Waals surface area (Å²) >= 11 is 0. The number of ether oxygens (including phenoxy) is 1. The second-order valence-corrected chi connectivity index (χ2v) is 7.36. The van der Waals surface area contributed by atoms with E-state index >= 15 is 0 Å². The van der Waals surface area contributed by atoms with Gasteiger partial charge in [0.15, 0.2) is 5.65 Å². The molecular formula is C24H27N5O. The number of nitrogens with zero attached hydrogens (tertiary/aromatic N) is 5. The molecule has 0 saturated heterocycles. The summed E-state index contributed by atoms with van der Waals surface area (Å²) in [6.07, 6.45) is 14.6. The largest absolute Gasteiger partial charge is 0.384 e. The summed E-state index contributed by atoms with van der Waals surface area (Å²) in [4.78, 5) is 18.6. The van der Waals surface area contributed by atoms with Crippen LogP contribution in [0.2, 0.25) is 0 Å². The molecule has 6 heteroatoms. The molecule has 0 aliphatic carbocycles. The van der Waals surface area contributed by atoms with Crippen LogP contribution in [0.15, 0.2) is 55.2 Å². The first-order chi connectivity index (χ1) is 14.8. The van der Waals surface area contributed by atoms with Gasteiger partial charge in [-0.05, 0) is 37.1 Å². The van der Waals surface area contributed by atoms with Crippen molar-refractivity contribution in [3.05, 3.63) is 66.6 Å². The predicted molar refractivity (Wildman–Crippen MR) is 118 cm³/mol. The molecule has 0 amide bonds. The molecule has 6 nitrogen and oxygen atoms in total. The second-order valence-electron chi connectivity index (χ2n) is 7.36. The van der Waals surface area contributed by atoms with Crippen molar-refractivity contribution in [1.82, 2.24) is 24.3 Å². The van der Waals surface area contributed by atoms with Crippen LogP contribution in [0.5, 0.6) is 0 Å². The van der Waals surface area contributed by atoms with Gasteiger partial charge in [-0.15, -0.1) is 0 Å². The fraction of sp³-hybridized carbons (Fsp3) is 0.333. The minimum Gasteiger partial charge on any atom is -0.384 e. The van der Waals surface area contributed by atoms with Crippen molar-refractivity contribution in [2.45, 2.75) is 39.0 Å². The smallest absolute Gasteiger partial charge is 0.164 e. The standard InChI is InChI=1S/C24H27N5O/c1-3-4-5-8-21-23(19-9-10-20(27-17-19)11-15-30-2)29-14-13-26-22(24(29)28-21)18-7-6-12-25-16-18/h6-7,9-10,12-14,16-17H,3-5,8,11,15H2,1-2H3. The molecule has 0 N–H and O–H groups in total. The van der Waals surface area contributed by atoms with Crippen LogP contribution in [0.1, 0.15) is 37.6 Å². The van der Waals surface area contributed by atoms with E-state index < -0.39 is 0 Å². The third-order valence-corrected chi connectivity index (χ3v) is 5.23. The highest BCUT2D eigenvalue weighted by molar-refractivity contribution is 5.77. The van der Waals surface area contributed by atoms with Crippen molar-refractivity contribution in [3.8, 4) is 22.5 Å². The molecule has 0 aliphatic heterocycles. The third kappa shape index (κ3) is 4.24. The Balaban J connectivity index is 1.81. The molecule has 0 aromatic carbocycles. The quantitative estimate of drug-likeness (QED) is 0.378. The maximum absolute atomic E-state index is 5.17. The molecule has 0 radical (unpaired) electrons. The first kappa shape index (κ1) is 20.2. The van der Waals surface area contributed by atoms with Gasteiger partial charge in [0.05, 0.1) is 18.0 Å². The molecule has 0 unspecified atom stereocenters. The first-order valence-electron chi connectivity index (χ1n) is 10.5. The lowest BCUT2D eigenvalue weighted by molar-refractivity contribution is 0.201. The number of pyridine rings is 2. The molecule has 30 heavy (non-hydrogen) atoms. The molecule has 0 atom stereocenters. The highest BCUT2D eigenvalue weighted by Gasteiger charge is 2.18. The molecule has 4 aromatic rings. The Bertz CT molecular complexity index is 1090. The van der Waals surface area contributed by atoms with Gasteiger partial charge in [0, 0.05) is 61.3 Å². The number of unbranched alkanes of at least 4 members (excludes halogenated alkanes) is 2. The minimum absolute atomic E-state index is 0.671. The van der Waals surface area contributed by atoms with Crippen molar-refractivity contribution in [2.24, 2.45) is 0 Å². The molecule has 0 aliphatic rings. The number of hydrogen-bond acceptors (Lipinski definition) is 5. The highest BCUT2D eigenvalue weighted by Crippen LogP contribution is 2.30. The monoisotopic (exact) mass is 401 g/mol. The van der Waals surface area contributed by atoms with Crippen LogP contribution in [-0.2, 0) is 17.6 Å². The molecular weight excluding hydrogens is 374 g/mol. The summed E-state index contributed by atoms with van der Waals surface area (Å²) in [5, 5.41) is 0. The van der Waals surface area contributed by atoms with Crippen LogP contribution in [0.4, 0.5) is 0 Å². The zero-order valence-corrected chi connectivity index (χ0v) is 17.6. The van der Waals surface area contributed by atoms with Crippen LogP contribution in [-0.4, -0.2) is 38.1 Å². The molecule has 0 spiro atoms. The van der Waals surface area contributed by atoms with E-state index in [0.29, 0.717) is 6.61 Å². The molecule has 4 heterocycles. The fourth-order valence-corrected chi connectivity index (χ4v) is 3.67. The van der Waals surface area contributed by atoms with Gasteiger partial charge in [0.1, 0.15) is 5.69 Å². The summed E-state index contributed by atoms with van der Waals surface area (Å²) in [6, 6.07) is 8.16. The third-order valence-electron chi connectivity index (χ3n) is 5.23. The van der Waals surface area contributed by atoms with Crippen LogP contribution in [0.25, 0.3) is 28.2 Å². The lowest BCUT2D eigenvalue weighted by atomic mass is 10.1. The van der Waals surface area contributed by atoms with E-state index in [0.717, 1.165) is 58.8 Å². The van der Waals surface area contributed by atoms with E-state index in [2.05, 4.69) is 38.4 Å². The summed E-state index contributed by atoms with van der Waals surface area (Å²) in [5.74, 6) is 0. The fourth-order valence-electron chi connectivity index (χ4n) is 3.67. The Morgan fingerprint density at radius 1 is 0.967 bits per heavy atom. The summed E-state index contributed by atoms with van der Waals surface area (Å²) in [7, 11) is 1.71. The van der Waals surface area contributed by atoms with Crippen LogP contribution >= 0.6 is 0 Å². The van der Waals surface area contributed by atoms with Crippen molar-refractivity contribution in [1.29, 1.82) is 0 Å². The van der Waals surface area contributed by atoms with E-state index in [9.17, 15) is 0 Å². The van der Waals surface area contributed by atoms with E-state index in [1.165, 1.54) is 12.8 Å². The lowest BCUT2D eigenvalue weighted by Crippen LogP contribution is -1.99. The molecule has 4 aromatic heterocycles. The SMILES string of the molecule is CCCCCc1nc2c(-c3cccnc3)nccn2c1-c1ccc(CCOC)nc1. The summed E-state index contributed by atoms with van der Waals surface area (Å²) in [6.45, 7) is 2.89. The van der Waals surface area contributed by atoms with E-state index in [4.69, 9.17) is 9.72 Å². The maximum atomic E-state index is 5.17. The molecule has 0 saturated carbocycles. The van der Waals surface area contributed by atoms with Gasteiger partial charge in [-0.3, -0.25) is 19.4 Å². The lowest BCUT2D eigenvalue weighted by Gasteiger charge is -2.07. The first-order valence-corrected chi connectivity index (χ1v) is 10.5. The van der Waals surface area contributed by atoms with E-state index in [1.807, 2.05) is 36.9 Å². The van der Waals surface area contributed by atoms with Gasteiger partial charge in [-0.1, -0.05) is 19.8 Å². The van der Waals surface area contributed by atoms with Gasteiger partial charge in [0.2, 0.25) is 0 Å². The van der Waals surface area contributed by atoms with Gasteiger partial charge >= 0.3 is 0 Å². The van der Waals surface area contributed by atoms with Crippen molar-refractivity contribution in [2.75, 3.05) is 13.7 Å². The van der Waals surface area contributed by atoms with Crippen LogP contribution in [0.3, 0.4) is 0 Å². The zero-order valence-electron chi connectivity index (χ0n) is 17.6. The number of hydrogen-bond donors (Lipinski definition) is 0. The predicted octanol–water partition coefficient (Wildman–Crippen LogP) is 4.77. The molecule has 0 bridgehead atoms. The minimum atomic E-state index is 0.671. The summed E-state index contributed by atoms with van der Waals surface area (Å²) < 4.78 is 7.31. The Labute approximate surface area is 177 Å². The van der Waals surface area contributed by atoms with Gasteiger partial charge in [0.25, 0.3) is 0 Å². The second kappa shape index (κ2) is 9.59. The Hall–Kier alpha value is -3.12. The average molecular weight is 402 g/mol. The number of rotatable bonds is 9. The molecule has 0 fully saturated rings. The van der Waals surface area contributed by atoms with Gasteiger partial charge in [-0.2, -0.15) is 0 Å². The highest BCUT2D eigenvalue weighted by atomic mass is 16.5. The van der Waals surface area contributed by atoms with Crippen molar-refractivity contribution in [3.63, 3.8) is 0 Å². The van der Waals surface area contributed by atoms with E-state index in [-0.39, 0.29) is 0 Å². The van der Waals surface area contributed by atoms with E-state index in [1.54, 1.807) is 13.3 Å². The Morgan fingerprint density at radius 3 is 2.63 bits per heavy atom. The molecule has 4 rings (SSSR count). The van der Waals surface area contributed by atoms with Crippen molar-refractivity contribution < 1.29 is 4.74 Å². The summed E-state index contributed by atoms with van der Waals surface area (Å²) in [5.41, 5.74) is 6.95. The number of imidazole rings is 1. The molecule has 154 valence electrons. The van der Waals surface area contributed by atoms with Gasteiger partial charge < -0.3 is 4.74 Å². The Kier molecular flexibility index (Phi) is 6.44. The maximum Gasteiger partial charge on any atom is 0.164 e. The number of fused-ring (bicyclic) bond motifs is 1. The van der Waals surface area contributed by atoms with Crippen molar-refractivity contribution >= 4 is 5.65 Å². The Morgan fingerprint density at radius 2 is 1.90 bits per heavy atom. The van der Waals surface area contributed by atoms with Crippen LogP contribution in [0, 0.1) is 0 Å². The van der Waals surface area contributed by atoms with Gasteiger partial charge in [-0.25, -0.2) is 4.98 Å². The normalized spacial score (nSPS) is 11.3. The van der Waals surface area contributed by atoms with Crippen LogP contribution < -0.4 is 0 Å². The average Bonchev–Trinajstić information content (AvgIpc) is 3.17. The number of methoxy groups -OCH3 is 1. The topological polar surface area (TPSA) is 65.2 Å².